The van der Waals surface area contributed by atoms with Crippen molar-refractivity contribution in [2.45, 2.75) is 13.0 Å². The molecule has 0 unspecified atom stereocenters. The zero-order valence-electron chi connectivity index (χ0n) is 16.5. The summed E-state index contributed by atoms with van der Waals surface area (Å²) >= 11 is 0. The molecule has 0 atom stereocenters. The van der Waals surface area contributed by atoms with E-state index in [1.165, 1.54) is 0 Å². The summed E-state index contributed by atoms with van der Waals surface area (Å²) in [6, 6.07) is 28.2. The highest BCUT2D eigenvalue weighted by Gasteiger charge is 2.15. The highest BCUT2D eigenvalue weighted by atomic mass is 16.2. The molecular weight excluding hydrogens is 346 g/mol. The summed E-state index contributed by atoms with van der Waals surface area (Å²) in [6.45, 7) is 1.17. The Kier molecular flexibility index (Phi) is 6.68. The predicted octanol–water partition coefficient (Wildman–Crippen LogP) is 4.79. The van der Waals surface area contributed by atoms with Gasteiger partial charge in [0, 0.05) is 44.1 Å². The quantitative estimate of drug-likeness (QED) is 0.617. The number of rotatable bonds is 8. The van der Waals surface area contributed by atoms with Gasteiger partial charge in [0.05, 0.1) is 6.54 Å². The van der Waals surface area contributed by atoms with Gasteiger partial charge >= 0.3 is 0 Å². The van der Waals surface area contributed by atoms with Crippen LogP contribution < -0.4 is 15.1 Å². The van der Waals surface area contributed by atoms with Crippen LogP contribution in [0.1, 0.15) is 12.0 Å². The molecule has 0 heterocycles. The number of carbonyl (C=O) groups is 1. The second-order valence-electron chi connectivity index (χ2n) is 6.92. The van der Waals surface area contributed by atoms with Crippen molar-refractivity contribution in [2.24, 2.45) is 0 Å². The van der Waals surface area contributed by atoms with Crippen LogP contribution >= 0.6 is 0 Å². The lowest BCUT2D eigenvalue weighted by Gasteiger charge is -2.23. The number of nitrogens with zero attached hydrogens (tertiary/aromatic N) is 2. The van der Waals surface area contributed by atoms with Crippen LogP contribution in [0.15, 0.2) is 84.9 Å². The second-order valence-corrected chi connectivity index (χ2v) is 6.92. The average Bonchev–Trinajstić information content (AvgIpc) is 2.73. The van der Waals surface area contributed by atoms with E-state index in [9.17, 15) is 4.79 Å². The molecule has 0 saturated heterocycles. The first-order valence-corrected chi connectivity index (χ1v) is 9.54. The van der Waals surface area contributed by atoms with Crippen molar-refractivity contribution in [3.05, 3.63) is 90.5 Å². The lowest BCUT2D eigenvalue weighted by molar-refractivity contribution is -0.118. The van der Waals surface area contributed by atoms with Gasteiger partial charge in [-0.2, -0.15) is 0 Å². The number of hydrogen-bond acceptors (Lipinski definition) is 3. The van der Waals surface area contributed by atoms with Crippen LogP contribution in [0.2, 0.25) is 0 Å². The number of para-hydroxylation sites is 1. The molecule has 0 radical (unpaired) electrons. The van der Waals surface area contributed by atoms with E-state index in [4.69, 9.17) is 0 Å². The van der Waals surface area contributed by atoms with Gasteiger partial charge in [-0.05, 0) is 42.0 Å². The zero-order valence-corrected chi connectivity index (χ0v) is 16.5. The van der Waals surface area contributed by atoms with Crippen molar-refractivity contribution in [1.29, 1.82) is 0 Å². The largest absolute Gasteiger partial charge is 0.385 e. The zero-order chi connectivity index (χ0) is 19.8. The Balaban J connectivity index is 1.62. The first-order valence-electron chi connectivity index (χ1n) is 9.54. The van der Waals surface area contributed by atoms with Gasteiger partial charge < -0.3 is 15.1 Å². The predicted molar refractivity (Wildman–Crippen MR) is 118 cm³/mol. The van der Waals surface area contributed by atoms with E-state index in [1.54, 1.807) is 0 Å². The molecule has 144 valence electrons. The van der Waals surface area contributed by atoms with Gasteiger partial charge in [-0.1, -0.05) is 48.5 Å². The van der Waals surface area contributed by atoms with Gasteiger partial charge in [-0.25, -0.2) is 0 Å². The van der Waals surface area contributed by atoms with Gasteiger partial charge in [0.2, 0.25) is 5.91 Å². The topological polar surface area (TPSA) is 35.6 Å². The van der Waals surface area contributed by atoms with Crippen LogP contribution in [-0.4, -0.2) is 26.5 Å². The maximum Gasteiger partial charge on any atom is 0.229 e. The van der Waals surface area contributed by atoms with Crippen LogP contribution in [-0.2, 0) is 11.3 Å². The third-order valence-electron chi connectivity index (χ3n) is 4.60. The Hall–Kier alpha value is -3.27. The summed E-state index contributed by atoms with van der Waals surface area (Å²) in [4.78, 5) is 16.9. The van der Waals surface area contributed by atoms with Crippen molar-refractivity contribution in [3.8, 4) is 0 Å². The molecule has 3 rings (SSSR count). The number of nitrogens with one attached hydrogen (secondary N) is 1. The number of hydrogen-bond donors (Lipinski definition) is 1. The summed E-state index contributed by atoms with van der Waals surface area (Å²) < 4.78 is 0. The van der Waals surface area contributed by atoms with E-state index < -0.39 is 0 Å². The van der Waals surface area contributed by atoms with E-state index in [0.717, 1.165) is 22.6 Å². The van der Waals surface area contributed by atoms with Crippen LogP contribution in [0.5, 0.6) is 0 Å². The molecule has 3 aromatic carbocycles. The van der Waals surface area contributed by atoms with Crippen molar-refractivity contribution < 1.29 is 4.79 Å². The molecule has 4 heteroatoms. The van der Waals surface area contributed by atoms with Gasteiger partial charge in [-0.3, -0.25) is 4.79 Å². The van der Waals surface area contributed by atoms with Gasteiger partial charge in [0.1, 0.15) is 0 Å². The van der Waals surface area contributed by atoms with Crippen LogP contribution in [0, 0.1) is 0 Å². The molecule has 0 fully saturated rings. The molecule has 0 aliphatic carbocycles. The minimum atomic E-state index is 0.104. The van der Waals surface area contributed by atoms with Crippen LogP contribution in [0.25, 0.3) is 0 Å². The monoisotopic (exact) mass is 373 g/mol. The van der Waals surface area contributed by atoms with Crippen LogP contribution in [0.4, 0.5) is 17.1 Å². The molecule has 4 nitrogen and oxygen atoms in total. The minimum absolute atomic E-state index is 0.104. The first-order chi connectivity index (χ1) is 13.6. The number of amides is 1. The van der Waals surface area contributed by atoms with Gasteiger partial charge in [0.25, 0.3) is 0 Å². The molecule has 0 saturated carbocycles. The minimum Gasteiger partial charge on any atom is -0.385 e. The molecule has 1 amide bonds. The molecule has 0 aliphatic heterocycles. The Morgan fingerprint density at radius 3 is 2.00 bits per heavy atom. The Bertz CT molecular complexity index is 861. The summed E-state index contributed by atoms with van der Waals surface area (Å²) in [7, 11) is 4.04. The molecule has 0 aliphatic rings. The van der Waals surface area contributed by atoms with Crippen molar-refractivity contribution in [2.75, 3.05) is 35.8 Å². The van der Waals surface area contributed by atoms with E-state index in [-0.39, 0.29) is 5.91 Å². The Labute approximate surface area is 167 Å². The number of benzene rings is 3. The standard InChI is InChI=1S/C24H27N3O/c1-26(2)22-15-13-21(14-16-22)25-18-17-24(28)27(23-11-7-4-8-12-23)19-20-9-5-3-6-10-20/h3-16,25H,17-19H2,1-2H3. The molecule has 0 spiro atoms. The molecule has 0 aromatic heterocycles. The Morgan fingerprint density at radius 2 is 1.39 bits per heavy atom. The van der Waals surface area contributed by atoms with E-state index in [0.29, 0.717) is 19.5 Å². The molecule has 0 bridgehead atoms. The Morgan fingerprint density at radius 1 is 0.786 bits per heavy atom. The SMILES string of the molecule is CN(C)c1ccc(NCCC(=O)N(Cc2ccccc2)c2ccccc2)cc1. The lowest BCUT2D eigenvalue weighted by atomic mass is 10.2. The smallest absolute Gasteiger partial charge is 0.229 e. The normalized spacial score (nSPS) is 10.4. The van der Waals surface area contributed by atoms with Crippen molar-refractivity contribution >= 4 is 23.0 Å². The summed E-state index contributed by atoms with van der Waals surface area (Å²) in [5.41, 5.74) is 4.21. The van der Waals surface area contributed by atoms with Gasteiger partial charge in [0.15, 0.2) is 0 Å². The fourth-order valence-electron chi connectivity index (χ4n) is 3.02. The fourth-order valence-corrected chi connectivity index (χ4v) is 3.02. The lowest BCUT2D eigenvalue weighted by Crippen LogP contribution is -2.31. The summed E-state index contributed by atoms with van der Waals surface area (Å²) in [5, 5.41) is 3.35. The number of carbonyl (C=O) groups excluding carboxylic acids is 1. The molecule has 28 heavy (non-hydrogen) atoms. The maximum absolute atomic E-state index is 13.0. The summed E-state index contributed by atoms with van der Waals surface area (Å²) in [5.74, 6) is 0.104. The highest BCUT2D eigenvalue weighted by molar-refractivity contribution is 5.93. The van der Waals surface area contributed by atoms with E-state index in [1.807, 2.05) is 91.8 Å². The summed E-state index contributed by atoms with van der Waals surface area (Å²) in [6.07, 6.45) is 0.428. The fraction of sp³-hybridized carbons (Fsp3) is 0.208. The van der Waals surface area contributed by atoms with Crippen LogP contribution in [0.3, 0.4) is 0 Å². The molecule has 1 N–H and O–H groups in total. The van der Waals surface area contributed by atoms with E-state index in [2.05, 4.69) is 22.3 Å². The third-order valence-corrected chi connectivity index (χ3v) is 4.60. The molecule has 3 aromatic rings. The average molecular weight is 374 g/mol. The third kappa shape index (κ3) is 5.36. The first kappa shape index (κ1) is 19.5. The van der Waals surface area contributed by atoms with Crippen molar-refractivity contribution in [3.63, 3.8) is 0 Å². The number of anilines is 3. The molecular formula is C24H27N3O. The maximum atomic E-state index is 13.0. The van der Waals surface area contributed by atoms with E-state index >= 15 is 0 Å². The highest BCUT2D eigenvalue weighted by Crippen LogP contribution is 2.19. The second kappa shape index (κ2) is 9.60. The van der Waals surface area contributed by atoms with Crippen molar-refractivity contribution in [1.82, 2.24) is 0 Å². The van der Waals surface area contributed by atoms with Gasteiger partial charge in [-0.15, -0.1) is 0 Å².